The molecule has 2 amide bonds. The number of carboxylic acid groups (broad SMARTS) is 1. The van der Waals surface area contributed by atoms with Gasteiger partial charge in [0.15, 0.2) is 5.37 Å². The molecule has 1 aliphatic heterocycles. The van der Waals surface area contributed by atoms with Gasteiger partial charge in [-0.05, 0) is 48.5 Å². The first kappa shape index (κ1) is 17.0. The Labute approximate surface area is 149 Å². The summed E-state index contributed by atoms with van der Waals surface area (Å²) >= 11 is 0.827. The molecule has 0 spiro atoms. The van der Waals surface area contributed by atoms with Gasteiger partial charge in [-0.15, -0.1) is 0 Å². The zero-order valence-corrected chi connectivity index (χ0v) is 14.3. The number of carbonyl (C=O) groups is 3. The van der Waals surface area contributed by atoms with Crippen LogP contribution in [0.2, 0.25) is 0 Å². The largest absolute Gasteiger partial charge is 0.480 e. The van der Waals surface area contributed by atoms with E-state index in [1.54, 1.807) is 48.5 Å². The van der Waals surface area contributed by atoms with Gasteiger partial charge in [0.2, 0.25) is 0 Å². The standard InChI is InChI=1S/C18H16N2O4S/c1-12-6-5-9-14(10-12)19(11-15(21)22)17-16(23)20(18(24)25-17)13-7-3-2-4-8-13/h2-10,17H,11H2,1H3,(H,21,22). The van der Waals surface area contributed by atoms with Gasteiger partial charge in [-0.2, -0.15) is 0 Å². The molecular formula is C18H16N2O4S. The minimum atomic E-state index is -1.07. The number of carbonyl (C=O) groups excluding carboxylic acids is 2. The first-order chi connectivity index (χ1) is 12.0. The maximum absolute atomic E-state index is 12.8. The highest BCUT2D eigenvalue weighted by Crippen LogP contribution is 2.35. The van der Waals surface area contributed by atoms with E-state index in [4.69, 9.17) is 0 Å². The van der Waals surface area contributed by atoms with Crippen molar-refractivity contribution in [1.29, 1.82) is 0 Å². The first-order valence-electron chi connectivity index (χ1n) is 7.62. The average molecular weight is 356 g/mol. The number of benzene rings is 2. The van der Waals surface area contributed by atoms with Crippen LogP contribution in [0.15, 0.2) is 54.6 Å². The minimum Gasteiger partial charge on any atom is -0.480 e. The lowest BCUT2D eigenvalue weighted by molar-refractivity contribution is -0.135. The van der Waals surface area contributed by atoms with Crippen molar-refractivity contribution in [3.63, 3.8) is 0 Å². The number of anilines is 2. The molecule has 2 aromatic carbocycles. The topological polar surface area (TPSA) is 77.9 Å². The van der Waals surface area contributed by atoms with E-state index in [0.717, 1.165) is 22.2 Å². The lowest BCUT2D eigenvalue weighted by atomic mass is 10.2. The fourth-order valence-corrected chi connectivity index (χ4v) is 3.69. The number of imide groups is 1. The summed E-state index contributed by atoms with van der Waals surface area (Å²) in [6.07, 6.45) is 0. The fourth-order valence-electron chi connectivity index (χ4n) is 2.67. The molecule has 6 nitrogen and oxygen atoms in total. The summed E-state index contributed by atoms with van der Waals surface area (Å²) in [4.78, 5) is 39.1. The third-order valence-electron chi connectivity index (χ3n) is 3.76. The Hall–Kier alpha value is -2.80. The molecule has 1 heterocycles. The quantitative estimate of drug-likeness (QED) is 0.887. The summed E-state index contributed by atoms with van der Waals surface area (Å²) in [5, 5.41) is 7.92. The number of hydrogen-bond acceptors (Lipinski definition) is 5. The summed E-state index contributed by atoms with van der Waals surface area (Å²) in [7, 11) is 0. The maximum atomic E-state index is 12.8. The van der Waals surface area contributed by atoms with E-state index in [9.17, 15) is 19.5 Å². The summed E-state index contributed by atoms with van der Waals surface area (Å²) in [5.74, 6) is -1.51. The van der Waals surface area contributed by atoms with Crippen molar-refractivity contribution in [2.24, 2.45) is 0 Å². The van der Waals surface area contributed by atoms with Crippen LogP contribution in [0.3, 0.4) is 0 Å². The Bertz CT molecular complexity index is 825. The number of carboxylic acids is 1. The Morgan fingerprint density at radius 1 is 1.16 bits per heavy atom. The average Bonchev–Trinajstić information content (AvgIpc) is 2.87. The van der Waals surface area contributed by atoms with Gasteiger partial charge < -0.3 is 10.0 Å². The number of hydrogen-bond donors (Lipinski definition) is 1. The Morgan fingerprint density at radius 3 is 2.52 bits per heavy atom. The lowest BCUT2D eigenvalue weighted by Crippen LogP contribution is -2.44. The van der Waals surface area contributed by atoms with E-state index in [1.165, 1.54) is 4.90 Å². The Morgan fingerprint density at radius 2 is 1.88 bits per heavy atom. The molecule has 3 rings (SSSR count). The second kappa shape index (κ2) is 6.98. The molecule has 0 radical (unpaired) electrons. The van der Waals surface area contributed by atoms with Crippen LogP contribution in [0.25, 0.3) is 0 Å². The van der Waals surface area contributed by atoms with Gasteiger partial charge in [-0.3, -0.25) is 14.4 Å². The highest BCUT2D eigenvalue weighted by atomic mass is 32.2. The van der Waals surface area contributed by atoms with E-state index in [2.05, 4.69) is 0 Å². The van der Waals surface area contributed by atoms with Gasteiger partial charge in [0.05, 0.1) is 5.69 Å². The van der Waals surface area contributed by atoms with Crippen LogP contribution in [0.1, 0.15) is 5.56 Å². The molecule has 0 saturated carbocycles. The van der Waals surface area contributed by atoms with Crippen LogP contribution in [-0.2, 0) is 9.59 Å². The van der Waals surface area contributed by atoms with Gasteiger partial charge in [0, 0.05) is 5.69 Å². The van der Waals surface area contributed by atoms with Crippen LogP contribution < -0.4 is 9.80 Å². The molecule has 25 heavy (non-hydrogen) atoms. The van der Waals surface area contributed by atoms with E-state index in [1.807, 2.05) is 13.0 Å². The minimum absolute atomic E-state index is 0.372. The highest BCUT2D eigenvalue weighted by molar-refractivity contribution is 8.16. The van der Waals surface area contributed by atoms with Crippen LogP contribution in [0.5, 0.6) is 0 Å². The predicted octanol–water partition coefficient (Wildman–Crippen LogP) is 3.11. The zero-order chi connectivity index (χ0) is 18.0. The van der Waals surface area contributed by atoms with E-state index >= 15 is 0 Å². The van der Waals surface area contributed by atoms with Crippen molar-refractivity contribution in [3.8, 4) is 0 Å². The second-order valence-corrected chi connectivity index (χ2v) is 6.64. The monoisotopic (exact) mass is 356 g/mol. The van der Waals surface area contributed by atoms with E-state index in [-0.39, 0.29) is 6.54 Å². The SMILES string of the molecule is Cc1cccc(N(CC(=O)O)C2SC(=O)N(c3ccccc3)C2=O)c1. The zero-order valence-electron chi connectivity index (χ0n) is 13.5. The molecule has 1 saturated heterocycles. The molecule has 7 heteroatoms. The predicted molar refractivity (Wildman–Crippen MR) is 96.9 cm³/mol. The van der Waals surface area contributed by atoms with Gasteiger partial charge >= 0.3 is 5.97 Å². The number of nitrogens with zero attached hydrogens (tertiary/aromatic N) is 2. The number of amides is 2. The number of rotatable bonds is 5. The van der Waals surface area contributed by atoms with Gasteiger partial charge in [0.25, 0.3) is 11.1 Å². The molecule has 2 aromatic rings. The van der Waals surface area contributed by atoms with Crippen molar-refractivity contribution in [1.82, 2.24) is 0 Å². The van der Waals surface area contributed by atoms with Crippen LogP contribution in [0.4, 0.5) is 16.2 Å². The Balaban J connectivity index is 1.95. The molecule has 1 fully saturated rings. The molecular weight excluding hydrogens is 340 g/mol. The summed E-state index contributed by atoms with van der Waals surface area (Å²) in [6, 6.07) is 15.8. The molecule has 0 aromatic heterocycles. The third-order valence-corrected chi connectivity index (χ3v) is 4.83. The molecule has 0 aliphatic carbocycles. The number of para-hydroxylation sites is 1. The van der Waals surface area contributed by atoms with Gasteiger partial charge in [0.1, 0.15) is 6.54 Å². The highest BCUT2D eigenvalue weighted by Gasteiger charge is 2.44. The second-order valence-electron chi connectivity index (χ2n) is 5.61. The number of thioether (sulfide) groups is 1. The summed E-state index contributed by atoms with van der Waals surface area (Å²) in [6.45, 7) is 1.51. The maximum Gasteiger partial charge on any atom is 0.323 e. The first-order valence-corrected chi connectivity index (χ1v) is 8.50. The number of aryl methyl sites for hydroxylation is 1. The van der Waals surface area contributed by atoms with E-state index < -0.39 is 22.5 Å². The lowest BCUT2D eigenvalue weighted by Gasteiger charge is -2.27. The van der Waals surface area contributed by atoms with Crippen LogP contribution in [-0.4, -0.2) is 34.1 Å². The summed E-state index contributed by atoms with van der Waals surface area (Å²) < 4.78 is 0. The fraction of sp³-hybridized carbons (Fsp3) is 0.167. The Kier molecular flexibility index (Phi) is 4.76. The smallest absolute Gasteiger partial charge is 0.323 e. The van der Waals surface area contributed by atoms with E-state index in [0.29, 0.717) is 11.4 Å². The van der Waals surface area contributed by atoms with Crippen molar-refractivity contribution in [2.75, 3.05) is 16.3 Å². The molecule has 1 atom stereocenters. The summed E-state index contributed by atoms with van der Waals surface area (Å²) in [5.41, 5.74) is 2.01. The molecule has 1 aliphatic rings. The third kappa shape index (κ3) is 3.51. The molecule has 1 unspecified atom stereocenters. The van der Waals surface area contributed by atoms with Crippen molar-refractivity contribution >= 4 is 40.3 Å². The molecule has 0 bridgehead atoms. The van der Waals surface area contributed by atoms with Gasteiger partial charge in [-0.1, -0.05) is 30.3 Å². The normalized spacial score (nSPS) is 17.0. The van der Waals surface area contributed by atoms with Crippen molar-refractivity contribution in [3.05, 3.63) is 60.2 Å². The van der Waals surface area contributed by atoms with Crippen LogP contribution in [0, 0.1) is 6.92 Å². The van der Waals surface area contributed by atoms with Crippen molar-refractivity contribution < 1.29 is 19.5 Å². The molecule has 1 N–H and O–H groups in total. The van der Waals surface area contributed by atoms with Crippen molar-refractivity contribution in [2.45, 2.75) is 12.3 Å². The molecule has 128 valence electrons. The van der Waals surface area contributed by atoms with Crippen LogP contribution >= 0.6 is 11.8 Å². The van der Waals surface area contributed by atoms with Gasteiger partial charge in [-0.25, -0.2) is 4.90 Å². The number of aliphatic carboxylic acids is 1.